The Hall–Kier alpha value is -2.87. The molecule has 0 saturated heterocycles. The number of hydrogen-bond acceptors (Lipinski definition) is 5. The number of carbonyl (C=O) groups excluding carboxylic acids is 2. The first-order valence-corrected chi connectivity index (χ1v) is 11.0. The van der Waals surface area contributed by atoms with Gasteiger partial charge in [0.05, 0.1) is 25.0 Å². The van der Waals surface area contributed by atoms with E-state index in [1.165, 1.54) is 7.11 Å². The summed E-state index contributed by atoms with van der Waals surface area (Å²) in [6.45, 7) is 8.74. The van der Waals surface area contributed by atoms with Crippen LogP contribution >= 0.6 is 0 Å². The Kier molecular flexibility index (Phi) is 9.26. The smallest absolute Gasteiger partial charge is 0.249 e. The monoisotopic (exact) mass is 444 g/mol. The molecule has 2 amide bonds. The summed E-state index contributed by atoms with van der Waals surface area (Å²) in [4.78, 5) is 26.9. The lowest BCUT2D eigenvalue weighted by molar-refractivity contribution is -0.138. The van der Waals surface area contributed by atoms with Gasteiger partial charge < -0.3 is 19.7 Å². The summed E-state index contributed by atoms with van der Waals surface area (Å²) >= 11 is 0. The predicted molar refractivity (Wildman–Crippen MR) is 125 cm³/mol. The van der Waals surface area contributed by atoms with Crippen molar-refractivity contribution in [2.45, 2.75) is 52.4 Å². The van der Waals surface area contributed by atoms with Gasteiger partial charge in [-0.1, -0.05) is 40.5 Å². The van der Waals surface area contributed by atoms with E-state index in [2.05, 4.69) is 33.0 Å². The molecule has 0 radical (unpaired) electrons. The third-order valence-electron chi connectivity index (χ3n) is 5.05. The van der Waals surface area contributed by atoms with Crippen molar-refractivity contribution in [3.05, 3.63) is 36.0 Å². The summed E-state index contributed by atoms with van der Waals surface area (Å²) in [5.74, 6) is 0.818. The Bertz CT molecular complexity index is 884. The molecule has 8 nitrogen and oxygen atoms in total. The molecule has 176 valence electrons. The highest BCUT2D eigenvalue weighted by Gasteiger charge is 2.23. The SMILES string of the molecule is CCCCCN(CC(=O)Nc1cc(C(C)(C)C)nn1-c1ccc(OC)cc1)C(=O)COC. The minimum absolute atomic E-state index is 0.0372. The largest absolute Gasteiger partial charge is 0.497 e. The quantitative estimate of drug-likeness (QED) is 0.533. The number of aromatic nitrogens is 2. The molecule has 1 aromatic carbocycles. The highest BCUT2D eigenvalue weighted by atomic mass is 16.5. The van der Waals surface area contributed by atoms with E-state index >= 15 is 0 Å². The molecule has 32 heavy (non-hydrogen) atoms. The molecule has 0 unspecified atom stereocenters. The number of anilines is 1. The summed E-state index contributed by atoms with van der Waals surface area (Å²) in [6.07, 6.45) is 2.88. The fraction of sp³-hybridized carbons (Fsp3) is 0.542. The number of hydrogen-bond donors (Lipinski definition) is 1. The van der Waals surface area contributed by atoms with Crippen molar-refractivity contribution < 1.29 is 19.1 Å². The third-order valence-corrected chi connectivity index (χ3v) is 5.05. The number of unbranched alkanes of at least 4 members (excludes halogenated alkanes) is 2. The number of rotatable bonds is 11. The molecular formula is C24H36N4O4. The van der Waals surface area contributed by atoms with E-state index < -0.39 is 0 Å². The Morgan fingerprint density at radius 1 is 1.12 bits per heavy atom. The van der Waals surface area contributed by atoms with E-state index in [9.17, 15) is 9.59 Å². The van der Waals surface area contributed by atoms with Gasteiger partial charge >= 0.3 is 0 Å². The molecule has 0 aliphatic carbocycles. The molecule has 0 aliphatic rings. The van der Waals surface area contributed by atoms with Crippen LogP contribution in [0.15, 0.2) is 30.3 Å². The van der Waals surface area contributed by atoms with Crippen LogP contribution in [-0.4, -0.2) is 60.4 Å². The Morgan fingerprint density at radius 2 is 1.81 bits per heavy atom. The molecule has 1 aromatic heterocycles. The van der Waals surface area contributed by atoms with Crippen molar-refractivity contribution >= 4 is 17.6 Å². The Morgan fingerprint density at radius 3 is 2.38 bits per heavy atom. The van der Waals surface area contributed by atoms with E-state index in [1.807, 2.05) is 30.3 Å². The zero-order valence-corrected chi connectivity index (χ0v) is 20.1. The molecule has 8 heteroatoms. The number of ether oxygens (including phenoxy) is 2. The Labute approximate surface area is 190 Å². The van der Waals surface area contributed by atoms with Crippen molar-refractivity contribution in [3.63, 3.8) is 0 Å². The second kappa shape index (κ2) is 11.7. The van der Waals surface area contributed by atoms with Gasteiger partial charge in [-0.2, -0.15) is 5.10 Å². The van der Waals surface area contributed by atoms with E-state index in [0.29, 0.717) is 12.4 Å². The van der Waals surface area contributed by atoms with Gasteiger partial charge in [0, 0.05) is 25.1 Å². The highest BCUT2D eigenvalue weighted by molar-refractivity contribution is 5.94. The average Bonchev–Trinajstić information content (AvgIpc) is 3.17. The van der Waals surface area contributed by atoms with E-state index in [1.54, 1.807) is 16.7 Å². The van der Waals surface area contributed by atoms with Crippen LogP contribution in [0.2, 0.25) is 0 Å². The van der Waals surface area contributed by atoms with Crippen LogP contribution in [0, 0.1) is 0 Å². The zero-order valence-electron chi connectivity index (χ0n) is 20.1. The Balaban J connectivity index is 2.25. The van der Waals surface area contributed by atoms with Crippen LogP contribution in [0.1, 0.15) is 52.7 Å². The van der Waals surface area contributed by atoms with Crippen LogP contribution in [-0.2, 0) is 19.7 Å². The van der Waals surface area contributed by atoms with Crippen LogP contribution in [0.3, 0.4) is 0 Å². The number of methoxy groups -OCH3 is 2. The number of amides is 2. The van der Waals surface area contributed by atoms with Crippen LogP contribution < -0.4 is 10.1 Å². The fourth-order valence-corrected chi connectivity index (χ4v) is 3.17. The lowest BCUT2D eigenvalue weighted by atomic mass is 9.92. The molecule has 0 aliphatic heterocycles. The summed E-state index contributed by atoms with van der Waals surface area (Å²) < 4.78 is 11.9. The molecule has 0 spiro atoms. The molecule has 1 N–H and O–H groups in total. The summed E-state index contributed by atoms with van der Waals surface area (Å²) in [5.41, 5.74) is 1.45. The predicted octanol–water partition coefficient (Wildman–Crippen LogP) is 3.78. The van der Waals surface area contributed by atoms with E-state index in [-0.39, 0.29) is 30.4 Å². The number of benzene rings is 1. The maximum atomic E-state index is 12.9. The molecular weight excluding hydrogens is 408 g/mol. The molecule has 1 heterocycles. The van der Waals surface area contributed by atoms with Crippen molar-refractivity contribution in [3.8, 4) is 11.4 Å². The van der Waals surface area contributed by atoms with Gasteiger partial charge in [-0.05, 0) is 30.7 Å². The zero-order chi connectivity index (χ0) is 23.7. The van der Waals surface area contributed by atoms with Crippen molar-refractivity contribution in [1.82, 2.24) is 14.7 Å². The van der Waals surface area contributed by atoms with Gasteiger partial charge in [-0.3, -0.25) is 9.59 Å². The highest BCUT2D eigenvalue weighted by Crippen LogP contribution is 2.27. The van der Waals surface area contributed by atoms with Crippen molar-refractivity contribution in [2.24, 2.45) is 0 Å². The molecule has 2 rings (SSSR count). The first-order valence-electron chi connectivity index (χ1n) is 11.0. The number of nitrogens with zero attached hydrogens (tertiary/aromatic N) is 3. The first-order chi connectivity index (χ1) is 15.2. The summed E-state index contributed by atoms with van der Waals surface area (Å²) in [7, 11) is 3.09. The molecule has 2 aromatic rings. The van der Waals surface area contributed by atoms with Gasteiger partial charge in [0.25, 0.3) is 0 Å². The second-order valence-corrected chi connectivity index (χ2v) is 8.78. The van der Waals surface area contributed by atoms with Crippen LogP contribution in [0.5, 0.6) is 5.75 Å². The maximum absolute atomic E-state index is 12.9. The number of nitrogens with one attached hydrogen (secondary N) is 1. The van der Waals surface area contributed by atoms with Gasteiger partial charge in [0.1, 0.15) is 18.2 Å². The minimum Gasteiger partial charge on any atom is -0.497 e. The normalized spacial score (nSPS) is 11.3. The standard InChI is InChI=1S/C24H36N4O4/c1-7-8-9-14-27(23(30)17-31-5)16-22(29)25-21-15-20(24(2,3)4)26-28(21)18-10-12-19(32-6)13-11-18/h10-13,15H,7-9,14,16-17H2,1-6H3,(H,25,29). The van der Waals surface area contributed by atoms with Crippen LogP contribution in [0.25, 0.3) is 5.69 Å². The molecule has 0 saturated carbocycles. The van der Waals surface area contributed by atoms with E-state index in [0.717, 1.165) is 36.4 Å². The molecule has 0 atom stereocenters. The maximum Gasteiger partial charge on any atom is 0.249 e. The second-order valence-electron chi connectivity index (χ2n) is 8.78. The van der Waals surface area contributed by atoms with Crippen molar-refractivity contribution in [2.75, 3.05) is 39.2 Å². The van der Waals surface area contributed by atoms with E-state index in [4.69, 9.17) is 14.6 Å². The summed E-state index contributed by atoms with van der Waals surface area (Å²) in [6, 6.07) is 9.33. The topological polar surface area (TPSA) is 85.7 Å². The van der Waals surface area contributed by atoms with Crippen molar-refractivity contribution in [1.29, 1.82) is 0 Å². The molecule has 0 fully saturated rings. The molecule has 0 bridgehead atoms. The lowest BCUT2D eigenvalue weighted by Gasteiger charge is -2.22. The number of carbonyl (C=O) groups is 2. The fourth-order valence-electron chi connectivity index (χ4n) is 3.17. The van der Waals surface area contributed by atoms with Gasteiger partial charge in [0.2, 0.25) is 11.8 Å². The lowest BCUT2D eigenvalue weighted by Crippen LogP contribution is -2.40. The van der Waals surface area contributed by atoms with Crippen LogP contribution in [0.4, 0.5) is 5.82 Å². The van der Waals surface area contributed by atoms with Gasteiger partial charge in [-0.25, -0.2) is 4.68 Å². The minimum atomic E-state index is -0.277. The van der Waals surface area contributed by atoms with Gasteiger partial charge in [-0.15, -0.1) is 0 Å². The third kappa shape index (κ3) is 7.09. The van der Waals surface area contributed by atoms with Gasteiger partial charge in [0.15, 0.2) is 0 Å². The summed E-state index contributed by atoms with van der Waals surface area (Å²) in [5, 5.41) is 7.67. The average molecular weight is 445 g/mol. The first kappa shape index (κ1) is 25.4.